The number of guanidine groups is 1. The molecule has 0 atom stereocenters. The maximum absolute atomic E-state index is 13.9. The fraction of sp³-hybridized carbons (Fsp3) is 0.316. The van der Waals surface area contributed by atoms with Crippen molar-refractivity contribution in [3.8, 4) is 5.75 Å². The molecule has 0 saturated carbocycles. The predicted molar refractivity (Wildman–Crippen MR) is 111 cm³/mol. The first-order valence-corrected chi connectivity index (χ1v) is 8.30. The van der Waals surface area contributed by atoms with Crippen LogP contribution in [0.3, 0.4) is 0 Å². The number of ether oxygens (including phenoxy) is 1. The third kappa shape index (κ3) is 7.15. The van der Waals surface area contributed by atoms with Gasteiger partial charge >= 0.3 is 0 Å². The smallest absolute Gasteiger partial charge is 0.191 e. The van der Waals surface area contributed by atoms with E-state index in [1.807, 2.05) is 13.8 Å². The van der Waals surface area contributed by atoms with Crippen LogP contribution in [0, 0.1) is 11.6 Å². The number of hydrogen-bond donors (Lipinski definition) is 2. The van der Waals surface area contributed by atoms with E-state index in [1.54, 1.807) is 24.3 Å². The second-order valence-corrected chi connectivity index (χ2v) is 5.37. The summed E-state index contributed by atoms with van der Waals surface area (Å²) in [4.78, 5) is 4.45. The first-order valence-electron chi connectivity index (χ1n) is 8.30. The zero-order valence-corrected chi connectivity index (χ0v) is 17.2. The van der Waals surface area contributed by atoms with Gasteiger partial charge in [-0.1, -0.05) is 18.2 Å². The van der Waals surface area contributed by atoms with Crippen molar-refractivity contribution in [2.24, 2.45) is 4.99 Å². The van der Waals surface area contributed by atoms with Gasteiger partial charge in [-0.2, -0.15) is 0 Å². The second kappa shape index (κ2) is 11.7. The molecule has 0 aliphatic carbocycles. The van der Waals surface area contributed by atoms with Crippen molar-refractivity contribution in [3.63, 3.8) is 0 Å². The van der Waals surface area contributed by atoms with Crippen LogP contribution >= 0.6 is 24.0 Å². The van der Waals surface area contributed by atoms with Gasteiger partial charge in [0.25, 0.3) is 0 Å². The average molecular weight is 475 g/mol. The Kier molecular flexibility index (Phi) is 9.93. The molecule has 26 heavy (non-hydrogen) atoms. The zero-order valence-electron chi connectivity index (χ0n) is 14.9. The van der Waals surface area contributed by atoms with Crippen molar-refractivity contribution in [1.29, 1.82) is 0 Å². The van der Waals surface area contributed by atoms with Crippen LogP contribution in [-0.4, -0.2) is 19.1 Å². The second-order valence-electron chi connectivity index (χ2n) is 5.37. The molecule has 0 aliphatic heterocycles. The number of rotatable bonds is 7. The van der Waals surface area contributed by atoms with E-state index in [1.165, 1.54) is 18.2 Å². The summed E-state index contributed by atoms with van der Waals surface area (Å²) in [6.07, 6.45) is 0. The number of halogens is 3. The van der Waals surface area contributed by atoms with Gasteiger partial charge in [0, 0.05) is 13.1 Å². The Morgan fingerprint density at radius 1 is 1.00 bits per heavy atom. The number of hydrogen-bond acceptors (Lipinski definition) is 2. The Bertz CT molecular complexity index is 708. The van der Waals surface area contributed by atoms with E-state index in [4.69, 9.17) is 4.74 Å². The summed E-state index contributed by atoms with van der Waals surface area (Å²) in [5.41, 5.74) is 1.69. The number of nitrogens with zero attached hydrogens (tertiary/aromatic N) is 1. The first kappa shape index (κ1) is 22.1. The summed E-state index contributed by atoms with van der Waals surface area (Å²) in [6, 6.07) is 11.1. The van der Waals surface area contributed by atoms with Gasteiger partial charge < -0.3 is 15.4 Å². The Morgan fingerprint density at radius 2 is 1.69 bits per heavy atom. The molecule has 0 spiro atoms. The number of benzene rings is 2. The molecular formula is C19H24F2IN3O. The molecule has 0 bridgehead atoms. The Morgan fingerprint density at radius 3 is 2.31 bits per heavy atom. The van der Waals surface area contributed by atoms with E-state index in [0.717, 1.165) is 11.1 Å². The minimum Gasteiger partial charge on any atom is -0.491 e. The topological polar surface area (TPSA) is 45.7 Å². The van der Waals surface area contributed by atoms with Crippen LogP contribution < -0.4 is 15.4 Å². The maximum Gasteiger partial charge on any atom is 0.191 e. The molecule has 2 aromatic rings. The van der Waals surface area contributed by atoms with Crippen LogP contribution in [0.15, 0.2) is 47.5 Å². The van der Waals surface area contributed by atoms with Crippen molar-refractivity contribution in [1.82, 2.24) is 10.6 Å². The molecule has 0 heterocycles. The number of nitrogens with one attached hydrogen (secondary N) is 2. The third-order valence-electron chi connectivity index (χ3n) is 3.43. The van der Waals surface area contributed by atoms with Gasteiger partial charge in [0.05, 0.1) is 13.2 Å². The van der Waals surface area contributed by atoms with Crippen LogP contribution in [0.1, 0.15) is 25.0 Å². The van der Waals surface area contributed by atoms with Crippen LogP contribution in [0.2, 0.25) is 0 Å². The molecule has 2 aromatic carbocycles. The normalized spacial score (nSPS) is 10.8. The molecule has 0 amide bonds. The van der Waals surface area contributed by atoms with Gasteiger partial charge in [-0.05, 0) is 49.2 Å². The maximum atomic E-state index is 13.9. The molecule has 0 aromatic heterocycles. The predicted octanol–water partition coefficient (Wildman–Crippen LogP) is 4.24. The molecule has 2 N–H and O–H groups in total. The van der Waals surface area contributed by atoms with Gasteiger partial charge in [0.1, 0.15) is 5.82 Å². The summed E-state index contributed by atoms with van der Waals surface area (Å²) in [5.74, 6) is 0.207. The lowest BCUT2D eigenvalue weighted by Gasteiger charge is -2.12. The zero-order chi connectivity index (χ0) is 18.1. The molecule has 142 valence electrons. The van der Waals surface area contributed by atoms with E-state index in [0.29, 0.717) is 32.2 Å². The molecule has 2 rings (SSSR count). The Balaban J connectivity index is 0.00000338. The van der Waals surface area contributed by atoms with E-state index < -0.39 is 0 Å². The van der Waals surface area contributed by atoms with E-state index in [2.05, 4.69) is 15.6 Å². The average Bonchev–Trinajstić information content (AvgIpc) is 2.61. The lowest BCUT2D eigenvalue weighted by Crippen LogP contribution is -2.36. The highest BCUT2D eigenvalue weighted by molar-refractivity contribution is 14.0. The summed E-state index contributed by atoms with van der Waals surface area (Å²) in [7, 11) is 0. The van der Waals surface area contributed by atoms with Crippen LogP contribution in [0.5, 0.6) is 5.75 Å². The minimum atomic E-state index is -0.390. The van der Waals surface area contributed by atoms with Crippen LogP contribution in [0.4, 0.5) is 8.78 Å². The van der Waals surface area contributed by atoms with Gasteiger partial charge in [0.15, 0.2) is 17.5 Å². The summed E-state index contributed by atoms with van der Waals surface area (Å²) >= 11 is 0. The van der Waals surface area contributed by atoms with Gasteiger partial charge in [-0.25, -0.2) is 13.8 Å². The molecule has 0 unspecified atom stereocenters. The standard InChI is InChI=1S/C19H23F2N3O.HI/c1-3-22-19(23-12-14-5-8-16(20)9-6-14)24-13-15-7-10-18(25-4-2)17(21)11-15;/h5-11H,3-4,12-13H2,1-2H3,(H2,22,23,24);1H. The van der Waals surface area contributed by atoms with E-state index in [-0.39, 0.29) is 41.4 Å². The highest BCUT2D eigenvalue weighted by Crippen LogP contribution is 2.18. The Hall–Kier alpha value is -1.90. The molecule has 0 fully saturated rings. The SMILES string of the molecule is CCNC(=NCc1ccc(OCC)c(F)c1)NCc1ccc(F)cc1.I. The molecule has 4 nitrogen and oxygen atoms in total. The van der Waals surface area contributed by atoms with Gasteiger partial charge in [0.2, 0.25) is 0 Å². The molecule has 0 aliphatic rings. The van der Waals surface area contributed by atoms with Crippen molar-refractivity contribution < 1.29 is 13.5 Å². The van der Waals surface area contributed by atoms with Gasteiger partial charge in [-0.3, -0.25) is 0 Å². The first-order chi connectivity index (χ1) is 12.1. The molecular weight excluding hydrogens is 451 g/mol. The van der Waals surface area contributed by atoms with Crippen molar-refractivity contribution in [2.45, 2.75) is 26.9 Å². The fourth-order valence-corrected chi connectivity index (χ4v) is 2.22. The Labute approximate surface area is 170 Å². The van der Waals surface area contributed by atoms with Gasteiger partial charge in [-0.15, -0.1) is 24.0 Å². The number of aliphatic imine (C=N–C) groups is 1. The fourth-order valence-electron chi connectivity index (χ4n) is 2.22. The highest BCUT2D eigenvalue weighted by Gasteiger charge is 2.05. The molecule has 7 heteroatoms. The van der Waals surface area contributed by atoms with Crippen molar-refractivity contribution in [2.75, 3.05) is 13.2 Å². The summed E-state index contributed by atoms with van der Waals surface area (Å²) in [5, 5.41) is 6.30. The van der Waals surface area contributed by atoms with Crippen molar-refractivity contribution in [3.05, 3.63) is 65.2 Å². The third-order valence-corrected chi connectivity index (χ3v) is 3.43. The van der Waals surface area contributed by atoms with Crippen LogP contribution in [0.25, 0.3) is 0 Å². The highest BCUT2D eigenvalue weighted by atomic mass is 127. The van der Waals surface area contributed by atoms with E-state index in [9.17, 15) is 8.78 Å². The molecule has 0 radical (unpaired) electrons. The lowest BCUT2D eigenvalue weighted by atomic mass is 10.2. The molecule has 0 saturated heterocycles. The van der Waals surface area contributed by atoms with Crippen molar-refractivity contribution >= 4 is 29.9 Å². The van der Waals surface area contributed by atoms with E-state index >= 15 is 0 Å². The summed E-state index contributed by atoms with van der Waals surface area (Å²) < 4.78 is 32.0. The summed E-state index contributed by atoms with van der Waals surface area (Å²) in [6.45, 7) is 5.75. The quantitative estimate of drug-likeness (QED) is 0.358. The largest absolute Gasteiger partial charge is 0.491 e. The monoisotopic (exact) mass is 475 g/mol. The minimum absolute atomic E-state index is 0. The lowest BCUT2D eigenvalue weighted by molar-refractivity contribution is 0.321. The van der Waals surface area contributed by atoms with Crippen LogP contribution in [-0.2, 0) is 13.1 Å².